The van der Waals surface area contributed by atoms with Crippen LogP contribution in [0.25, 0.3) is 0 Å². The van der Waals surface area contributed by atoms with E-state index in [2.05, 4.69) is 5.32 Å². The van der Waals surface area contributed by atoms with E-state index in [1.165, 1.54) is 12.1 Å². The quantitative estimate of drug-likeness (QED) is 0.921. The monoisotopic (exact) mass is 303 g/mol. The second-order valence-corrected chi connectivity index (χ2v) is 4.87. The van der Waals surface area contributed by atoms with Crippen LogP contribution in [0.4, 0.5) is 10.1 Å². The molecule has 4 nitrogen and oxygen atoms in total. The maximum atomic E-state index is 13.0. The van der Waals surface area contributed by atoms with E-state index in [0.29, 0.717) is 22.7 Å². The van der Waals surface area contributed by atoms with E-state index in [9.17, 15) is 9.18 Å². The first-order valence-corrected chi connectivity index (χ1v) is 6.80. The summed E-state index contributed by atoms with van der Waals surface area (Å²) in [6, 6.07) is 9.57. The molecule has 0 saturated heterocycles. The van der Waals surface area contributed by atoms with Gasteiger partial charge in [0, 0.05) is 5.69 Å². The fourth-order valence-electron chi connectivity index (χ4n) is 2.14. The van der Waals surface area contributed by atoms with Crippen molar-refractivity contribution in [2.24, 2.45) is 0 Å². The standard InChI is InChI=1S/C17H18FNO3/c1-11-8-13(18)5-6-14(11)19-17(20)10-12-4-7-15(21-2)16(9-12)22-3/h4-9H,10H2,1-3H3,(H,19,20). The van der Waals surface area contributed by atoms with Crippen LogP contribution in [0.3, 0.4) is 0 Å². The van der Waals surface area contributed by atoms with Gasteiger partial charge in [-0.3, -0.25) is 4.79 Å². The van der Waals surface area contributed by atoms with Gasteiger partial charge >= 0.3 is 0 Å². The van der Waals surface area contributed by atoms with E-state index in [1.54, 1.807) is 45.4 Å². The fourth-order valence-corrected chi connectivity index (χ4v) is 2.14. The molecular formula is C17H18FNO3. The lowest BCUT2D eigenvalue weighted by atomic mass is 10.1. The van der Waals surface area contributed by atoms with Crippen LogP contribution in [0.5, 0.6) is 11.5 Å². The molecule has 0 radical (unpaired) electrons. The Balaban J connectivity index is 2.08. The SMILES string of the molecule is COc1ccc(CC(=O)Nc2ccc(F)cc2C)cc1OC. The van der Waals surface area contributed by atoms with Gasteiger partial charge in [-0.25, -0.2) is 4.39 Å². The van der Waals surface area contributed by atoms with Crippen LogP contribution in [0.2, 0.25) is 0 Å². The van der Waals surface area contributed by atoms with E-state index in [-0.39, 0.29) is 18.1 Å². The molecular weight excluding hydrogens is 285 g/mol. The molecule has 0 spiro atoms. The maximum Gasteiger partial charge on any atom is 0.228 e. The third kappa shape index (κ3) is 3.75. The number of carbonyl (C=O) groups is 1. The van der Waals surface area contributed by atoms with Gasteiger partial charge in [0.15, 0.2) is 11.5 Å². The highest BCUT2D eigenvalue weighted by atomic mass is 19.1. The van der Waals surface area contributed by atoms with Gasteiger partial charge in [-0.1, -0.05) is 6.07 Å². The average Bonchev–Trinajstić information content (AvgIpc) is 2.50. The molecule has 0 atom stereocenters. The molecule has 0 aliphatic rings. The molecule has 2 rings (SSSR count). The van der Waals surface area contributed by atoms with Crippen LogP contribution in [-0.2, 0) is 11.2 Å². The van der Waals surface area contributed by atoms with Gasteiger partial charge in [0.1, 0.15) is 5.82 Å². The zero-order valence-corrected chi connectivity index (χ0v) is 12.8. The maximum absolute atomic E-state index is 13.0. The number of methoxy groups -OCH3 is 2. The highest BCUT2D eigenvalue weighted by Gasteiger charge is 2.10. The summed E-state index contributed by atoms with van der Waals surface area (Å²) in [5, 5.41) is 2.77. The number of carbonyl (C=O) groups excluding carboxylic acids is 1. The van der Waals surface area contributed by atoms with Crippen molar-refractivity contribution in [2.75, 3.05) is 19.5 Å². The number of hydrogen-bond donors (Lipinski definition) is 1. The highest BCUT2D eigenvalue weighted by Crippen LogP contribution is 2.27. The van der Waals surface area contributed by atoms with Gasteiger partial charge in [-0.2, -0.15) is 0 Å². The smallest absolute Gasteiger partial charge is 0.228 e. The number of aryl methyl sites for hydroxylation is 1. The number of ether oxygens (including phenoxy) is 2. The third-order valence-corrected chi connectivity index (χ3v) is 3.28. The Labute approximate surface area is 128 Å². The minimum atomic E-state index is -0.324. The summed E-state index contributed by atoms with van der Waals surface area (Å²) in [4.78, 5) is 12.1. The lowest BCUT2D eigenvalue weighted by molar-refractivity contribution is -0.115. The minimum absolute atomic E-state index is 0.179. The average molecular weight is 303 g/mol. The second kappa shape index (κ2) is 6.93. The van der Waals surface area contributed by atoms with E-state index in [1.807, 2.05) is 0 Å². The summed E-state index contributed by atoms with van der Waals surface area (Å²) in [6.07, 6.45) is 0.192. The van der Waals surface area contributed by atoms with Crippen molar-refractivity contribution < 1.29 is 18.7 Å². The molecule has 1 amide bonds. The number of nitrogens with one attached hydrogen (secondary N) is 1. The van der Waals surface area contributed by atoms with Crippen molar-refractivity contribution in [3.8, 4) is 11.5 Å². The molecule has 5 heteroatoms. The van der Waals surface area contributed by atoms with Gasteiger partial charge in [0.05, 0.1) is 20.6 Å². The number of hydrogen-bond acceptors (Lipinski definition) is 3. The molecule has 0 aromatic heterocycles. The van der Waals surface area contributed by atoms with Gasteiger partial charge in [-0.05, 0) is 48.4 Å². The fraction of sp³-hybridized carbons (Fsp3) is 0.235. The first-order chi connectivity index (χ1) is 10.5. The van der Waals surface area contributed by atoms with Crippen LogP contribution in [0.1, 0.15) is 11.1 Å². The van der Waals surface area contributed by atoms with Crippen molar-refractivity contribution in [1.82, 2.24) is 0 Å². The molecule has 0 saturated carbocycles. The van der Waals surface area contributed by atoms with E-state index in [4.69, 9.17) is 9.47 Å². The van der Waals surface area contributed by atoms with E-state index < -0.39 is 0 Å². The molecule has 0 fully saturated rings. The van der Waals surface area contributed by atoms with Gasteiger partial charge in [0.2, 0.25) is 5.91 Å². The Morgan fingerprint density at radius 1 is 1.09 bits per heavy atom. The first kappa shape index (κ1) is 15.8. The first-order valence-electron chi connectivity index (χ1n) is 6.80. The highest BCUT2D eigenvalue weighted by molar-refractivity contribution is 5.93. The number of amides is 1. The summed E-state index contributed by atoms with van der Waals surface area (Å²) in [6.45, 7) is 1.75. The number of anilines is 1. The number of rotatable bonds is 5. The summed E-state index contributed by atoms with van der Waals surface area (Å²) >= 11 is 0. The Morgan fingerprint density at radius 3 is 2.45 bits per heavy atom. The number of benzene rings is 2. The number of halogens is 1. The third-order valence-electron chi connectivity index (χ3n) is 3.28. The zero-order valence-electron chi connectivity index (χ0n) is 12.8. The van der Waals surface area contributed by atoms with E-state index >= 15 is 0 Å². The van der Waals surface area contributed by atoms with Crippen molar-refractivity contribution in [3.05, 3.63) is 53.3 Å². The van der Waals surface area contributed by atoms with E-state index in [0.717, 1.165) is 5.56 Å². The van der Waals surface area contributed by atoms with Gasteiger partial charge in [-0.15, -0.1) is 0 Å². The molecule has 0 unspecified atom stereocenters. The summed E-state index contributed by atoms with van der Waals surface area (Å²) < 4.78 is 23.4. The summed E-state index contributed by atoms with van der Waals surface area (Å²) in [5.41, 5.74) is 2.09. The molecule has 0 aliphatic heterocycles. The van der Waals surface area contributed by atoms with Gasteiger partial charge < -0.3 is 14.8 Å². The predicted molar refractivity (Wildman–Crippen MR) is 83.0 cm³/mol. The normalized spacial score (nSPS) is 10.2. The lowest BCUT2D eigenvalue weighted by Crippen LogP contribution is -2.15. The van der Waals surface area contributed by atoms with Crippen molar-refractivity contribution in [3.63, 3.8) is 0 Å². The van der Waals surface area contributed by atoms with Crippen LogP contribution in [0.15, 0.2) is 36.4 Å². The largest absolute Gasteiger partial charge is 0.493 e. The van der Waals surface area contributed by atoms with Crippen molar-refractivity contribution in [2.45, 2.75) is 13.3 Å². The van der Waals surface area contributed by atoms with Gasteiger partial charge in [0.25, 0.3) is 0 Å². The predicted octanol–water partition coefficient (Wildman–Crippen LogP) is 3.33. The minimum Gasteiger partial charge on any atom is -0.493 e. The molecule has 22 heavy (non-hydrogen) atoms. The Morgan fingerprint density at radius 2 is 1.82 bits per heavy atom. The lowest BCUT2D eigenvalue weighted by Gasteiger charge is -2.11. The van der Waals surface area contributed by atoms with Crippen LogP contribution >= 0.6 is 0 Å². The molecule has 116 valence electrons. The second-order valence-electron chi connectivity index (χ2n) is 4.87. The molecule has 2 aromatic rings. The molecule has 0 aliphatic carbocycles. The van der Waals surface area contributed by atoms with Crippen molar-refractivity contribution in [1.29, 1.82) is 0 Å². The molecule has 1 N–H and O–H groups in total. The topological polar surface area (TPSA) is 47.6 Å². The molecule has 0 heterocycles. The Hall–Kier alpha value is -2.56. The summed E-state index contributed by atoms with van der Waals surface area (Å²) in [7, 11) is 3.10. The van der Waals surface area contributed by atoms with Crippen molar-refractivity contribution >= 4 is 11.6 Å². The Kier molecular flexibility index (Phi) is 4.99. The molecule has 2 aromatic carbocycles. The van der Waals surface area contributed by atoms with Crippen LogP contribution in [0, 0.1) is 12.7 Å². The molecule has 0 bridgehead atoms. The van der Waals surface area contributed by atoms with Crippen LogP contribution < -0.4 is 14.8 Å². The Bertz CT molecular complexity index is 686. The zero-order chi connectivity index (χ0) is 16.1. The van der Waals surface area contributed by atoms with Crippen LogP contribution in [-0.4, -0.2) is 20.1 Å². The summed E-state index contributed by atoms with van der Waals surface area (Å²) in [5.74, 6) is 0.684.